The molecule has 1 aliphatic rings. The Morgan fingerprint density at radius 1 is 1.11 bits per heavy atom. The molecule has 0 bridgehead atoms. The van der Waals surface area contributed by atoms with Crippen LogP contribution in [0.25, 0.3) is 10.9 Å². The molecule has 8 heteroatoms. The molecule has 0 unspecified atom stereocenters. The maximum atomic E-state index is 12.7. The van der Waals surface area contributed by atoms with Crippen LogP contribution in [0.3, 0.4) is 0 Å². The molecule has 0 atom stereocenters. The number of hydrogen-bond acceptors (Lipinski definition) is 4. The first-order valence-electron chi connectivity index (χ1n) is 8.82. The largest absolute Gasteiger partial charge is 0.490 e. The fourth-order valence-corrected chi connectivity index (χ4v) is 3.48. The Hall–Kier alpha value is -2.77. The molecule has 0 aliphatic carbocycles. The van der Waals surface area contributed by atoms with E-state index in [0.717, 1.165) is 31.7 Å². The molecule has 1 saturated heterocycles. The Kier molecular flexibility index (Phi) is 4.63. The summed E-state index contributed by atoms with van der Waals surface area (Å²) in [5.74, 6) is 1.53. The minimum absolute atomic E-state index is 0.0275. The Balaban J connectivity index is 1.45. The molecule has 0 spiro atoms. The van der Waals surface area contributed by atoms with Crippen LogP contribution >= 0.6 is 0 Å². The smallest absolute Gasteiger partial charge is 0.406 e. The lowest BCUT2D eigenvalue weighted by Crippen LogP contribution is -2.38. The predicted molar refractivity (Wildman–Crippen MR) is 95.9 cm³/mol. The van der Waals surface area contributed by atoms with Gasteiger partial charge in [0.15, 0.2) is 0 Å². The van der Waals surface area contributed by atoms with Gasteiger partial charge >= 0.3 is 6.18 Å². The number of halogens is 3. The van der Waals surface area contributed by atoms with E-state index < -0.39 is 12.7 Å². The standard InChI is InChI=1S/C19H19F3N4O/c20-19(21,22)12-26-11-7-15-16(26)2-1-3-17(15)27-14-5-9-25(10-6-14)18-4-8-23-13-24-18/h1-4,7-8,11,13-14H,5-6,9-10,12H2. The van der Waals surface area contributed by atoms with E-state index in [1.54, 1.807) is 24.4 Å². The first-order valence-corrected chi connectivity index (χ1v) is 8.82. The maximum Gasteiger partial charge on any atom is 0.406 e. The van der Waals surface area contributed by atoms with E-state index in [0.29, 0.717) is 16.7 Å². The van der Waals surface area contributed by atoms with Crippen molar-refractivity contribution in [1.82, 2.24) is 14.5 Å². The molecule has 3 aromatic rings. The summed E-state index contributed by atoms with van der Waals surface area (Å²) in [5.41, 5.74) is 0.531. The molecule has 5 nitrogen and oxygen atoms in total. The quantitative estimate of drug-likeness (QED) is 0.689. The Morgan fingerprint density at radius 3 is 2.63 bits per heavy atom. The molecule has 0 saturated carbocycles. The summed E-state index contributed by atoms with van der Waals surface area (Å²) in [5, 5.41) is 0.708. The van der Waals surface area contributed by atoms with Gasteiger partial charge in [-0.3, -0.25) is 0 Å². The zero-order chi connectivity index (χ0) is 18.9. The van der Waals surface area contributed by atoms with Gasteiger partial charge in [-0.2, -0.15) is 13.2 Å². The summed E-state index contributed by atoms with van der Waals surface area (Å²) >= 11 is 0. The van der Waals surface area contributed by atoms with Gasteiger partial charge in [-0.15, -0.1) is 0 Å². The number of benzene rings is 1. The number of aromatic nitrogens is 3. The molecule has 1 aromatic carbocycles. The zero-order valence-corrected chi connectivity index (χ0v) is 14.6. The van der Waals surface area contributed by atoms with Crippen LogP contribution < -0.4 is 9.64 Å². The topological polar surface area (TPSA) is 43.2 Å². The van der Waals surface area contributed by atoms with E-state index in [4.69, 9.17) is 4.74 Å². The molecule has 2 aromatic heterocycles. The number of piperidine rings is 1. The Bertz CT molecular complexity index is 902. The van der Waals surface area contributed by atoms with Gasteiger partial charge < -0.3 is 14.2 Å². The lowest BCUT2D eigenvalue weighted by Gasteiger charge is -2.32. The van der Waals surface area contributed by atoms with Crippen LogP contribution in [-0.4, -0.2) is 39.9 Å². The third-order valence-electron chi connectivity index (χ3n) is 4.75. The first kappa shape index (κ1) is 17.6. The minimum atomic E-state index is -4.25. The summed E-state index contributed by atoms with van der Waals surface area (Å²) in [6, 6.07) is 8.81. The average molecular weight is 376 g/mol. The summed E-state index contributed by atoms with van der Waals surface area (Å²) in [7, 11) is 0. The van der Waals surface area contributed by atoms with Crippen LogP contribution in [0.4, 0.5) is 19.0 Å². The molecule has 4 rings (SSSR count). The van der Waals surface area contributed by atoms with E-state index in [9.17, 15) is 13.2 Å². The van der Waals surface area contributed by atoms with Crippen molar-refractivity contribution < 1.29 is 17.9 Å². The van der Waals surface area contributed by atoms with Crippen LogP contribution in [-0.2, 0) is 6.54 Å². The van der Waals surface area contributed by atoms with Gasteiger partial charge in [0.2, 0.25) is 0 Å². The number of ether oxygens (including phenoxy) is 1. The number of hydrogen-bond donors (Lipinski definition) is 0. The fourth-order valence-electron chi connectivity index (χ4n) is 3.48. The number of fused-ring (bicyclic) bond motifs is 1. The lowest BCUT2D eigenvalue weighted by atomic mass is 10.1. The highest BCUT2D eigenvalue weighted by Crippen LogP contribution is 2.31. The van der Waals surface area contributed by atoms with E-state index in [2.05, 4.69) is 14.9 Å². The van der Waals surface area contributed by atoms with Crippen molar-refractivity contribution in [2.24, 2.45) is 0 Å². The summed E-state index contributed by atoms with van der Waals surface area (Å²) in [6.07, 6.45) is 2.13. The van der Waals surface area contributed by atoms with E-state index in [-0.39, 0.29) is 6.10 Å². The highest BCUT2D eigenvalue weighted by atomic mass is 19.4. The van der Waals surface area contributed by atoms with Gasteiger partial charge in [-0.1, -0.05) is 6.07 Å². The molecule has 0 radical (unpaired) electrons. The number of anilines is 1. The van der Waals surface area contributed by atoms with E-state index in [1.807, 2.05) is 12.1 Å². The Morgan fingerprint density at radius 2 is 1.93 bits per heavy atom. The van der Waals surface area contributed by atoms with Crippen molar-refractivity contribution in [3.8, 4) is 5.75 Å². The maximum absolute atomic E-state index is 12.7. The van der Waals surface area contributed by atoms with Crippen LogP contribution in [0, 0.1) is 0 Å². The van der Waals surface area contributed by atoms with Crippen molar-refractivity contribution in [3.05, 3.63) is 49.1 Å². The third kappa shape index (κ3) is 3.99. The van der Waals surface area contributed by atoms with Crippen molar-refractivity contribution >= 4 is 16.7 Å². The molecule has 0 N–H and O–H groups in total. The third-order valence-corrected chi connectivity index (χ3v) is 4.75. The highest BCUT2D eigenvalue weighted by molar-refractivity contribution is 5.86. The minimum Gasteiger partial charge on any atom is -0.490 e. The van der Waals surface area contributed by atoms with Crippen LogP contribution in [0.2, 0.25) is 0 Å². The number of alkyl halides is 3. The monoisotopic (exact) mass is 376 g/mol. The first-order chi connectivity index (χ1) is 13.0. The SMILES string of the molecule is FC(F)(F)Cn1ccc2c(OC3CCN(c4ccncn4)CC3)cccc21. The van der Waals surface area contributed by atoms with Crippen LogP contribution in [0.5, 0.6) is 5.75 Å². The molecule has 1 fully saturated rings. The lowest BCUT2D eigenvalue weighted by molar-refractivity contribution is -0.139. The molecule has 27 heavy (non-hydrogen) atoms. The Labute approximate surface area is 154 Å². The van der Waals surface area contributed by atoms with Crippen molar-refractivity contribution in [2.45, 2.75) is 31.7 Å². The summed E-state index contributed by atoms with van der Waals surface area (Å²) < 4.78 is 45.5. The van der Waals surface area contributed by atoms with Gasteiger partial charge in [0.25, 0.3) is 0 Å². The van der Waals surface area contributed by atoms with E-state index in [1.165, 1.54) is 17.1 Å². The van der Waals surface area contributed by atoms with Gasteiger partial charge in [-0.25, -0.2) is 9.97 Å². The molecule has 0 amide bonds. The number of rotatable bonds is 4. The molecule has 3 heterocycles. The summed E-state index contributed by atoms with van der Waals surface area (Å²) in [4.78, 5) is 10.4. The second-order valence-corrected chi connectivity index (χ2v) is 6.62. The fraction of sp³-hybridized carbons (Fsp3) is 0.368. The van der Waals surface area contributed by atoms with Gasteiger partial charge in [0, 0.05) is 43.7 Å². The zero-order valence-electron chi connectivity index (χ0n) is 14.6. The van der Waals surface area contributed by atoms with E-state index >= 15 is 0 Å². The van der Waals surface area contributed by atoms with Gasteiger partial charge in [0.1, 0.15) is 30.5 Å². The van der Waals surface area contributed by atoms with Crippen LogP contribution in [0.1, 0.15) is 12.8 Å². The molecular formula is C19H19F3N4O. The molecular weight excluding hydrogens is 357 g/mol. The molecule has 1 aliphatic heterocycles. The van der Waals surface area contributed by atoms with Crippen molar-refractivity contribution in [2.75, 3.05) is 18.0 Å². The summed E-state index contributed by atoms with van der Waals surface area (Å²) in [6.45, 7) is 0.622. The van der Waals surface area contributed by atoms with Gasteiger partial charge in [0.05, 0.1) is 5.52 Å². The van der Waals surface area contributed by atoms with Crippen molar-refractivity contribution in [1.29, 1.82) is 0 Å². The van der Waals surface area contributed by atoms with Crippen molar-refractivity contribution in [3.63, 3.8) is 0 Å². The average Bonchev–Trinajstić information content (AvgIpc) is 3.05. The normalized spacial score (nSPS) is 16.0. The van der Waals surface area contributed by atoms with Crippen LogP contribution in [0.15, 0.2) is 49.1 Å². The highest BCUT2D eigenvalue weighted by Gasteiger charge is 2.28. The predicted octanol–water partition coefficient (Wildman–Crippen LogP) is 4.04. The van der Waals surface area contributed by atoms with Gasteiger partial charge in [-0.05, 0) is 24.3 Å². The molecule has 142 valence electrons. The second kappa shape index (κ2) is 7.09. The second-order valence-electron chi connectivity index (χ2n) is 6.62. The number of nitrogens with zero attached hydrogens (tertiary/aromatic N) is 4.